The standard InChI is InChI=1S/C17H14N2O/c1-12(20)15-7-4-13(5-8-15)2-3-14-6-9-17-16(10-14)11-18-19-17/h4-12,20H,1H3,(H,18,19)/t12-/m0/s1. The van der Waals surface area contributed by atoms with E-state index in [9.17, 15) is 5.11 Å². The maximum Gasteiger partial charge on any atom is 0.0761 e. The fourth-order valence-corrected chi connectivity index (χ4v) is 2.01. The van der Waals surface area contributed by atoms with Gasteiger partial charge in [0.2, 0.25) is 0 Å². The van der Waals surface area contributed by atoms with Crippen LogP contribution in [0.25, 0.3) is 10.9 Å². The molecule has 0 fully saturated rings. The quantitative estimate of drug-likeness (QED) is 0.662. The van der Waals surface area contributed by atoms with Gasteiger partial charge in [0.1, 0.15) is 0 Å². The van der Waals surface area contributed by atoms with Crippen molar-refractivity contribution in [3.63, 3.8) is 0 Å². The van der Waals surface area contributed by atoms with Crippen LogP contribution < -0.4 is 0 Å². The Bertz CT molecular complexity index is 789. The van der Waals surface area contributed by atoms with Crippen molar-refractivity contribution in [2.75, 3.05) is 0 Å². The number of nitrogens with zero attached hydrogens (tertiary/aromatic N) is 1. The van der Waals surface area contributed by atoms with Gasteiger partial charge >= 0.3 is 0 Å². The van der Waals surface area contributed by atoms with Crippen molar-refractivity contribution in [1.82, 2.24) is 10.2 Å². The van der Waals surface area contributed by atoms with Crippen LogP contribution in [0.4, 0.5) is 0 Å². The van der Waals surface area contributed by atoms with Crippen LogP contribution in [-0.2, 0) is 0 Å². The average Bonchev–Trinajstić information content (AvgIpc) is 2.93. The monoisotopic (exact) mass is 262 g/mol. The third-order valence-corrected chi connectivity index (χ3v) is 3.18. The number of aromatic nitrogens is 2. The maximum absolute atomic E-state index is 9.46. The largest absolute Gasteiger partial charge is 0.389 e. The summed E-state index contributed by atoms with van der Waals surface area (Å²) in [5.41, 5.74) is 3.80. The number of rotatable bonds is 1. The Morgan fingerprint density at radius 3 is 2.50 bits per heavy atom. The number of nitrogens with one attached hydrogen (secondary N) is 1. The van der Waals surface area contributed by atoms with Crippen molar-refractivity contribution >= 4 is 10.9 Å². The van der Waals surface area contributed by atoms with E-state index < -0.39 is 6.10 Å². The summed E-state index contributed by atoms with van der Waals surface area (Å²) < 4.78 is 0. The molecule has 0 bridgehead atoms. The van der Waals surface area contributed by atoms with Crippen molar-refractivity contribution in [3.8, 4) is 11.8 Å². The molecule has 3 heteroatoms. The lowest BCUT2D eigenvalue weighted by atomic mass is 10.1. The summed E-state index contributed by atoms with van der Waals surface area (Å²) in [6.45, 7) is 1.75. The molecule has 0 radical (unpaired) electrons. The van der Waals surface area contributed by atoms with Gasteiger partial charge in [-0.15, -0.1) is 0 Å². The zero-order valence-electron chi connectivity index (χ0n) is 11.1. The van der Waals surface area contributed by atoms with E-state index in [1.165, 1.54) is 0 Å². The highest BCUT2D eigenvalue weighted by Crippen LogP contribution is 2.13. The van der Waals surface area contributed by atoms with Crippen molar-refractivity contribution in [3.05, 3.63) is 65.4 Å². The third kappa shape index (κ3) is 2.56. The second-order valence-corrected chi connectivity index (χ2v) is 4.72. The fraction of sp³-hybridized carbons (Fsp3) is 0.118. The molecule has 3 rings (SSSR count). The highest BCUT2D eigenvalue weighted by Gasteiger charge is 1.99. The van der Waals surface area contributed by atoms with Gasteiger partial charge in [0, 0.05) is 16.5 Å². The van der Waals surface area contributed by atoms with E-state index in [-0.39, 0.29) is 0 Å². The Labute approximate surface area is 117 Å². The first-order valence-electron chi connectivity index (χ1n) is 6.45. The molecule has 0 aliphatic heterocycles. The Morgan fingerprint density at radius 2 is 1.75 bits per heavy atom. The van der Waals surface area contributed by atoms with E-state index in [4.69, 9.17) is 0 Å². The zero-order valence-corrected chi connectivity index (χ0v) is 11.1. The first-order valence-corrected chi connectivity index (χ1v) is 6.45. The summed E-state index contributed by atoms with van der Waals surface area (Å²) in [4.78, 5) is 0. The predicted molar refractivity (Wildman–Crippen MR) is 79.1 cm³/mol. The van der Waals surface area contributed by atoms with Gasteiger partial charge in [-0.25, -0.2) is 0 Å². The van der Waals surface area contributed by atoms with Gasteiger partial charge in [-0.05, 0) is 42.8 Å². The number of fused-ring (bicyclic) bond motifs is 1. The normalized spacial score (nSPS) is 11.9. The number of hydrogen-bond donors (Lipinski definition) is 2. The van der Waals surface area contributed by atoms with Gasteiger partial charge in [0.15, 0.2) is 0 Å². The van der Waals surface area contributed by atoms with Crippen molar-refractivity contribution in [2.45, 2.75) is 13.0 Å². The number of H-pyrrole nitrogens is 1. The molecule has 0 saturated carbocycles. The summed E-state index contributed by atoms with van der Waals surface area (Å²) in [5, 5.41) is 17.4. The van der Waals surface area contributed by atoms with Gasteiger partial charge in [-0.2, -0.15) is 5.10 Å². The summed E-state index contributed by atoms with van der Waals surface area (Å²) >= 11 is 0. The molecular weight excluding hydrogens is 248 g/mol. The van der Waals surface area contributed by atoms with E-state index in [2.05, 4.69) is 22.0 Å². The number of hydrogen-bond acceptors (Lipinski definition) is 2. The molecule has 0 spiro atoms. The van der Waals surface area contributed by atoms with Gasteiger partial charge in [0.25, 0.3) is 0 Å². The van der Waals surface area contributed by atoms with Crippen LogP contribution in [0, 0.1) is 11.8 Å². The molecular formula is C17H14N2O. The molecule has 0 unspecified atom stereocenters. The highest BCUT2D eigenvalue weighted by atomic mass is 16.3. The van der Waals surface area contributed by atoms with Gasteiger partial charge in [-0.1, -0.05) is 24.0 Å². The average molecular weight is 262 g/mol. The summed E-state index contributed by atoms with van der Waals surface area (Å²) in [6, 6.07) is 13.6. The van der Waals surface area contributed by atoms with Crippen LogP contribution in [0.1, 0.15) is 29.7 Å². The minimum absolute atomic E-state index is 0.444. The van der Waals surface area contributed by atoms with Crippen LogP contribution in [0.5, 0.6) is 0 Å². The molecule has 0 aliphatic carbocycles. The van der Waals surface area contributed by atoms with E-state index >= 15 is 0 Å². The Hall–Kier alpha value is -2.57. The van der Waals surface area contributed by atoms with Gasteiger partial charge in [-0.3, -0.25) is 5.10 Å². The van der Waals surface area contributed by atoms with Crippen molar-refractivity contribution in [2.24, 2.45) is 0 Å². The third-order valence-electron chi connectivity index (χ3n) is 3.18. The molecule has 1 heterocycles. The van der Waals surface area contributed by atoms with E-state index in [1.54, 1.807) is 13.1 Å². The Balaban J connectivity index is 1.86. The summed E-state index contributed by atoms with van der Waals surface area (Å²) in [6.07, 6.45) is 1.35. The van der Waals surface area contributed by atoms with Crippen LogP contribution >= 0.6 is 0 Å². The first kappa shape index (κ1) is 12.5. The fourth-order valence-electron chi connectivity index (χ4n) is 2.01. The van der Waals surface area contributed by atoms with Crippen molar-refractivity contribution in [1.29, 1.82) is 0 Å². The molecule has 2 N–H and O–H groups in total. The Morgan fingerprint density at radius 1 is 1.05 bits per heavy atom. The molecule has 2 aromatic carbocycles. The molecule has 3 nitrogen and oxygen atoms in total. The lowest BCUT2D eigenvalue weighted by Gasteiger charge is -2.02. The van der Waals surface area contributed by atoms with E-state index in [0.29, 0.717) is 0 Å². The second kappa shape index (κ2) is 5.20. The summed E-state index contributed by atoms with van der Waals surface area (Å²) in [7, 11) is 0. The van der Waals surface area contributed by atoms with Gasteiger partial charge in [0.05, 0.1) is 17.8 Å². The van der Waals surface area contributed by atoms with E-state index in [0.717, 1.165) is 27.6 Å². The molecule has 20 heavy (non-hydrogen) atoms. The molecule has 0 aliphatic rings. The smallest absolute Gasteiger partial charge is 0.0761 e. The molecule has 98 valence electrons. The first-order chi connectivity index (χ1) is 9.72. The van der Waals surface area contributed by atoms with Crippen LogP contribution in [0.3, 0.4) is 0 Å². The zero-order chi connectivity index (χ0) is 13.9. The molecule has 0 amide bonds. The number of aliphatic hydroxyl groups is 1. The lowest BCUT2D eigenvalue weighted by Crippen LogP contribution is -1.89. The number of aromatic amines is 1. The molecule has 3 aromatic rings. The summed E-state index contributed by atoms with van der Waals surface area (Å²) in [5.74, 6) is 6.26. The van der Waals surface area contributed by atoms with Crippen molar-refractivity contribution < 1.29 is 5.11 Å². The second-order valence-electron chi connectivity index (χ2n) is 4.72. The lowest BCUT2D eigenvalue weighted by molar-refractivity contribution is 0.199. The number of benzene rings is 2. The van der Waals surface area contributed by atoms with E-state index in [1.807, 2.05) is 42.5 Å². The maximum atomic E-state index is 9.46. The van der Waals surface area contributed by atoms with Gasteiger partial charge < -0.3 is 5.11 Å². The predicted octanol–water partition coefficient (Wildman–Crippen LogP) is 3.02. The van der Waals surface area contributed by atoms with Crippen LogP contribution in [0.15, 0.2) is 48.7 Å². The molecule has 1 atom stereocenters. The topological polar surface area (TPSA) is 48.9 Å². The van der Waals surface area contributed by atoms with Crippen LogP contribution in [-0.4, -0.2) is 15.3 Å². The van der Waals surface area contributed by atoms with Crippen LogP contribution in [0.2, 0.25) is 0 Å². The molecule has 0 saturated heterocycles. The molecule has 1 aromatic heterocycles. The highest BCUT2D eigenvalue weighted by molar-refractivity contribution is 5.79. The Kier molecular flexibility index (Phi) is 3.24. The SMILES string of the molecule is C[C@H](O)c1ccc(C#Cc2ccc3[nH]ncc3c2)cc1. The minimum Gasteiger partial charge on any atom is -0.389 e. The number of aliphatic hydroxyl groups excluding tert-OH is 1. The minimum atomic E-state index is -0.444.